The van der Waals surface area contributed by atoms with Crippen molar-refractivity contribution in [3.05, 3.63) is 0 Å². The predicted molar refractivity (Wildman–Crippen MR) is 89.6 cm³/mol. The van der Waals surface area contributed by atoms with Crippen LogP contribution in [0.4, 0.5) is 0 Å². The molecule has 2 saturated heterocycles. The second-order valence-electron chi connectivity index (χ2n) is 7.88. The maximum atomic E-state index is 3.95. The fourth-order valence-corrected chi connectivity index (χ4v) is 4.81. The number of hydrogen-bond donors (Lipinski definition) is 1. The topological polar surface area (TPSA) is 18.5 Å². The zero-order valence-corrected chi connectivity index (χ0v) is 14.2. The summed E-state index contributed by atoms with van der Waals surface area (Å²) in [6.07, 6.45) is 8.54. The van der Waals surface area contributed by atoms with Crippen molar-refractivity contribution >= 4 is 0 Å². The molecule has 0 amide bonds. The monoisotopic (exact) mass is 293 g/mol. The van der Waals surface area contributed by atoms with Gasteiger partial charge in [-0.2, -0.15) is 0 Å². The quantitative estimate of drug-likeness (QED) is 0.759. The summed E-state index contributed by atoms with van der Waals surface area (Å²) < 4.78 is 0. The Balaban J connectivity index is 1.42. The Morgan fingerprint density at radius 2 is 1.67 bits per heavy atom. The minimum atomic E-state index is 0.726. The predicted octanol–water partition coefficient (Wildman–Crippen LogP) is 2.57. The molecule has 3 aliphatic rings. The number of hydrogen-bond acceptors (Lipinski definition) is 3. The SMILES string of the molecule is CC(C)N1CC2CCCC(C1)C2NCCCN1CCCC1. The van der Waals surface area contributed by atoms with Crippen molar-refractivity contribution in [3.8, 4) is 0 Å². The van der Waals surface area contributed by atoms with Crippen LogP contribution in [0, 0.1) is 11.8 Å². The van der Waals surface area contributed by atoms with Crippen LogP contribution in [-0.2, 0) is 0 Å². The lowest BCUT2D eigenvalue weighted by molar-refractivity contribution is 0.0295. The lowest BCUT2D eigenvalue weighted by Crippen LogP contribution is -2.58. The summed E-state index contributed by atoms with van der Waals surface area (Å²) in [6, 6.07) is 1.54. The molecule has 2 unspecified atom stereocenters. The van der Waals surface area contributed by atoms with E-state index in [1.807, 2.05) is 0 Å². The average molecular weight is 293 g/mol. The maximum Gasteiger partial charge on any atom is 0.0148 e. The van der Waals surface area contributed by atoms with Crippen LogP contribution < -0.4 is 5.32 Å². The number of likely N-dealkylation sites (tertiary alicyclic amines) is 2. The number of nitrogens with one attached hydrogen (secondary N) is 1. The molecule has 1 saturated carbocycles. The highest BCUT2D eigenvalue weighted by atomic mass is 15.2. The summed E-state index contributed by atoms with van der Waals surface area (Å²) in [5, 5.41) is 3.95. The van der Waals surface area contributed by atoms with Crippen molar-refractivity contribution in [2.45, 2.75) is 64.5 Å². The van der Waals surface area contributed by atoms with E-state index in [0.717, 1.165) is 23.9 Å². The Kier molecular flexibility index (Phi) is 5.58. The molecule has 1 N–H and O–H groups in total. The molecule has 0 radical (unpaired) electrons. The van der Waals surface area contributed by atoms with Crippen molar-refractivity contribution in [3.63, 3.8) is 0 Å². The fourth-order valence-electron chi connectivity index (χ4n) is 4.81. The van der Waals surface area contributed by atoms with Gasteiger partial charge in [0.05, 0.1) is 0 Å². The Morgan fingerprint density at radius 3 is 2.29 bits per heavy atom. The first kappa shape index (κ1) is 15.8. The first-order valence-corrected chi connectivity index (χ1v) is 9.44. The molecule has 3 rings (SSSR count). The highest BCUT2D eigenvalue weighted by molar-refractivity contribution is 4.95. The zero-order chi connectivity index (χ0) is 14.7. The third kappa shape index (κ3) is 4.00. The van der Waals surface area contributed by atoms with Gasteiger partial charge in [-0.25, -0.2) is 0 Å². The summed E-state index contributed by atoms with van der Waals surface area (Å²) in [7, 11) is 0. The Hall–Kier alpha value is -0.120. The summed E-state index contributed by atoms with van der Waals surface area (Å²) in [6.45, 7) is 12.6. The highest BCUT2D eigenvalue weighted by Crippen LogP contribution is 2.35. The van der Waals surface area contributed by atoms with Crippen molar-refractivity contribution in [2.75, 3.05) is 39.3 Å². The van der Waals surface area contributed by atoms with E-state index in [0.29, 0.717) is 0 Å². The van der Waals surface area contributed by atoms with Crippen molar-refractivity contribution in [1.29, 1.82) is 0 Å². The molecule has 1 aliphatic carbocycles. The third-order valence-corrected chi connectivity index (χ3v) is 6.06. The van der Waals surface area contributed by atoms with Crippen LogP contribution in [0.1, 0.15) is 52.4 Å². The smallest absolute Gasteiger partial charge is 0.0148 e. The number of piperidine rings is 1. The van der Waals surface area contributed by atoms with Crippen LogP contribution in [-0.4, -0.2) is 61.2 Å². The van der Waals surface area contributed by atoms with Gasteiger partial charge in [-0.1, -0.05) is 6.42 Å². The molecule has 2 bridgehead atoms. The maximum absolute atomic E-state index is 3.95. The molecule has 0 spiro atoms. The molecule has 0 aromatic carbocycles. The molecular weight excluding hydrogens is 258 g/mol. The average Bonchev–Trinajstić information content (AvgIpc) is 2.95. The number of fused-ring (bicyclic) bond motifs is 2. The van der Waals surface area contributed by atoms with E-state index < -0.39 is 0 Å². The fraction of sp³-hybridized carbons (Fsp3) is 1.00. The van der Waals surface area contributed by atoms with Crippen LogP contribution in [0.25, 0.3) is 0 Å². The second-order valence-corrected chi connectivity index (χ2v) is 7.88. The molecule has 2 aliphatic heterocycles. The van der Waals surface area contributed by atoms with E-state index in [1.165, 1.54) is 77.8 Å². The highest BCUT2D eigenvalue weighted by Gasteiger charge is 2.39. The molecule has 0 aromatic heterocycles. The van der Waals surface area contributed by atoms with Gasteiger partial charge in [0.1, 0.15) is 0 Å². The third-order valence-electron chi connectivity index (χ3n) is 6.06. The largest absolute Gasteiger partial charge is 0.313 e. The second kappa shape index (κ2) is 7.43. The minimum absolute atomic E-state index is 0.726. The molecule has 0 aromatic rings. The summed E-state index contributed by atoms with van der Waals surface area (Å²) in [5.41, 5.74) is 0. The number of nitrogens with zero attached hydrogens (tertiary/aromatic N) is 2. The van der Waals surface area contributed by atoms with Crippen molar-refractivity contribution in [2.24, 2.45) is 11.8 Å². The van der Waals surface area contributed by atoms with Gasteiger partial charge in [0.25, 0.3) is 0 Å². The van der Waals surface area contributed by atoms with Gasteiger partial charge in [-0.15, -0.1) is 0 Å². The summed E-state index contributed by atoms with van der Waals surface area (Å²) >= 11 is 0. The van der Waals surface area contributed by atoms with Gasteiger partial charge >= 0.3 is 0 Å². The van der Waals surface area contributed by atoms with Gasteiger partial charge in [-0.05, 0) is 84.0 Å². The van der Waals surface area contributed by atoms with Gasteiger partial charge in [0, 0.05) is 25.2 Å². The van der Waals surface area contributed by atoms with Gasteiger partial charge < -0.3 is 15.1 Å². The molecule has 2 heterocycles. The molecule has 3 nitrogen and oxygen atoms in total. The first-order chi connectivity index (χ1) is 10.2. The Morgan fingerprint density at radius 1 is 1.00 bits per heavy atom. The van der Waals surface area contributed by atoms with E-state index in [1.54, 1.807) is 0 Å². The molecule has 2 atom stereocenters. The summed E-state index contributed by atoms with van der Waals surface area (Å²) in [5.74, 6) is 1.82. The molecule has 21 heavy (non-hydrogen) atoms. The zero-order valence-electron chi connectivity index (χ0n) is 14.2. The Bertz CT molecular complexity index is 298. The molecule has 3 fully saturated rings. The molecule has 122 valence electrons. The van der Waals surface area contributed by atoms with Crippen LogP contribution in [0.2, 0.25) is 0 Å². The van der Waals surface area contributed by atoms with Crippen LogP contribution in [0.3, 0.4) is 0 Å². The van der Waals surface area contributed by atoms with E-state index in [9.17, 15) is 0 Å². The normalized spacial score (nSPS) is 34.7. The van der Waals surface area contributed by atoms with E-state index in [-0.39, 0.29) is 0 Å². The van der Waals surface area contributed by atoms with Gasteiger partial charge in [0.15, 0.2) is 0 Å². The van der Waals surface area contributed by atoms with Gasteiger partial charge in [-0.3, -0.25) is 0 Å². The minimum Gasteiger partial charge on any atom is -0.313 e. The lowest BCUT2D eigenvalue weighted by Gasteiger charge is -2.49. The molecule has 3 heteroatoms. The number of rotatable bonds is 6. The van der Waals surface area contributed by atoms with Crippen LogP contribution in [0.5, 0.6) is 0 Å². The van der Waals surface area contributed by atoms with Crippen molar-refractivity contribution in [1.82, 2.24) is 15.1 Å². The molecular formula is C18H35N3. The van der Waals surface area contributed by atoms with Crippen LogP contribution in [0.15, 0.2) is 0 Å². The standard InChI is InChI=1S/C18H35N3/c1-15(2)21-13-16-7-5-8-17(14-21)18(16)19-9-6-12-20-10-3-4-11-20/h15-19H,3-14H2,1-2H3. The lowest BCUT2D eigenvalue weighted by atomic mass is 9.73. The van der Waals surface area contributed by atoms with Crippen LogP contribution >= 0.6 is 0 Å². The summed E-state index contributed by atoms with van der Waals surface area (Å²) in [4.78, 5) is 5.36. The Labute approximate surface area is 131 Å². The first-order valence-electron chi connectivity index (χ1n) is 9.44. The van der Waals surface area contributed by atoms with Gasteiger partial charge in [0.2, 0.25) is 0 Å². The van der Waals surface area contributed by atoms with E-state index in [2.05, 4.69) is 29.0 Å². The van der Waals surface area contributed by atoms with Crippen molar-refractivity contribution < 1.29 is 0 Å². The van der Waals surface area contributed by atoms with E-state index >= 15 is 0 Å². The van der Waals surface area contributed by atoms with E-state index in [4.69, 9.17) is 0 Å².